The van der Waals surface area contributed by atoms with Crippen LogP contribution >= 0.6 is 11.3 Å². The molecule has 2 N–H and O–H groups in total. The maximum Gasteiger partial charge on any atom is 0.228 e. The summed E-state index contributed by atoms with van der Waals surface area (Å²) >= 11 is 1.59. The van der Waals surface area contributed by atoms with E-state index in [-0.39, 0.29) is 5.91 Å². The second-order valence-corrected chi connectivity index (χ2v) is 12.6. The predicted molar refractivity (Wildman–Crippen MR) is 187 cm³/mol. The van der Waals surface area contributed by atoms with E-state index in [4.69, 9.17) is 9.97 Å². The average Bonchev–Trinajstić information content (AvgIpc) is 3.73. The third kappa shape index (κ3) is 6.49. The van der Waals surface area contributed by atoms with Gasteiger partial charge in [0.2, 0.25) is 11.9 Å². The van der Waals surface area contributed by atoms with E-state index in [1.165, 1.54) is 18.5 Å². The van der Waals surface area contributed by atoms with Crippen molar-refractivity contribution >= 4 is 45.9 Å². The first kappa shape index (κ1) is 29.6. The lowest BCUT2D eigenvalue weighted by Gasteiger charge is -2.36. The zero-order chi connectivity index (χ0) is 31.5. The van der Waals surface area contributed by atoms with Crippen LogP contribution in [-0.2, 0) is 11.2 Å². The molecule has 2 aromatic carbocycles. The Labute approximate surface area is 272 Å². The van der Waals surface area contributed by atoms with Gasteiger partial charge in [0.25, 0.3) is 0 Å². The lowest BCUT2D eigenvalue weighted by molar-refractivity contribution is -0.115. The SMILES string of the molecule is CN(C)C1CCN(c2ccc(Nc3nccc(-c4c(-c5cccc(NC(=O)Cc6ccsc6)c5)nc5ccccn45)n3)cc2)CC1. The quantitative estimate of drug-likeness (QED) is 0.179. The van der Waals surface area contributed by atoms with Crippen LogP contribution in [0.5, 0.6) is 0 Å². The molecule has 7 rings (SSSR count). The van der Waals surface area contributed by atoms with Gasteiger partial charge in [-0.2, -0.15) is 11.3 Å². The van der Waals surface area contributed by atoms with Gasteiger partial charge in [-0.25, -0.2) is 15.0 Å². The summed E-state index contributed by atoms with van der Waals surface area (Å²) in [5.74, 6) is 0.447. The number of nitrogens with one attached hydrogen (secondary N) is 2. The van der Waals surface area contributed by atoms with E-state index in [2.05, 4.69) is 63.8 Å². The zero-order valence-electron chi connectivity index (χ0n) is 25.9. The van der Waals surface area contributed by atoms with Gasteiger partial charge in [0.05, 0.1) is 23.5 Å². The van der Waals surface area contributed by atoms with Gasteiger partial charge in [0, 0.05) is 54.2 Å². The van der Waals surface area contributed by atoms with Crippen molar-refractivity contribution in [3.8, 4) is 22.6 Å². The second kappa shape index (κ2) is 13.1. The molecule has 232 valence electrons. The van der Waals surface area contributed by atoms with Gasteiger partial charge < -0.3 is 20.4 Å². The van der Waals surface area contributed by atoms with Crippen LogP contribution < -0.4 is 15.5 Å². The molecule has 4 aromatic heterocycles. The Bertz CT molecular complexity index is 1940. The first-order valence-corrected chi connectivity index (χ1v) is 16.4. The number of hydrogen-bond acceptors (Lipinski definition) is 8. The Morgan fingerprint density at radius 3 is 2.59 bits per heavy atom. The van der Waals surface area contributed by atoms with Crippen LogP contribution in [0.1, 0.15) is 18.4 Å². The van der Waals surface area contributed by atoms with Gasteiger partial charge in [0.15, 0.2) is 0 Å². The maximum atomic E-state index is 12.7. The molecule has 10 heteroatoms. The predicted octanol–water partition coefficient (Wildman–Crippen LogP) is 6.98. The Balaban J connectivity index is 1.13. The van der Waals surface area contributed by atoms with Crippen molar-refractivity contribution in [3.05, 3.63) is 108 Å². The number of hydrogen-bond donors (Lipinski definition) is 2. The van der Waals surface area contributed by atoms with E-state index in [1.807, 2.05) is 76.0 Å². The van der Waals surface area contributed by atoms with E-state index in [0.29, 0.717) is 18.4 Å². The number of rotatable bonds is 9. The summed E-state index contributed by atoms with van der Waals surface area (Å²) in [5, 5.41) is 10.4. The van der Waals surface area contributed by atoms with Crippen molar-refractivity contribution in [2.75, 3.05) is 42.7 Å². The highest BCUT2D eigenvalue weighted by Gasteiger charge is 2.21. The molecule has 0 saturated carbocycles. The van der Waals surface area contributed by atoms with Crippen LogP contribution in [0.25, 0.3) is 28.3 Å². The first-order chi connectivity index (χ1) is 22.5. The number of nitrogens with zero attached hydrogens (tertiary/aromatic N) is 6. The number of benzene rings is 2. The van der Waals surface area contributed by atoms with Crippen LogP contribution in [0.4, 0.5) is 23.0 Å². The standard InChI is InChI=1S/C36H36N8OS/c1-42(2)29-14-19-43(20-15-29)30-11-9-27(10-12-30)39-36-37-17-13-31(40-36)35-34(41-32-8-3-4-18-44(32)35)26-6-5-7-28(23-26)38-33(45)22-25-16-21-46-24-25/h3-13,16-18,21,23-24,29H,14-15,19-20,22H2,1-2H3,(H,38,45)(H,37,39,40). The molecule has 46 heavy (non-hydrogen) atoms. The number of anilines is 4. The van der Waals surface area contributed by atoms with Crippen molar-refractivity contribution in [2.45, 2.75) is 25.3 Å². The van der Waals surface area contributed by atoms with Crippen molar-refractivity contribution < 1.29 is 4.79 Å². The highest BCUT2D eigenvalue weighted by Crippen LogP contribution is 2.34. The third-order valence-corrected chi connectivity index (χ3v) is 9.21. The molecule has 5 heterocycles. The fraction of sp³-hybridized carbons (Fsp3) is 0.222. The van der Waals surface area contributed by atoms with E-state index < -0.39 is 0 Å². The van der Waals surface area contributed by atoms with Gasteiger partial charge in [-0.05, 0) is 104 Å². The largest absolute Gasteiger partial charge is 0.371 e. The minimum Gasteiger partial charge on any atom is -0.371 e. The van der Waals surface area contributed by atoms with Gasteiger partial charge in [-0.15, -0.1) is 0 Å². The summed E-state index contributed by atoms with van der Waals surface area (Å²) < 4.78 is 2.04. The molecule has 0 radical (unpaired) electrons. The average molecular weight is 629 g/mol. The number of thiophene rings is 1. The normalized spacial score (nSPS) is 13.8. The molecular formula is C36H36N8OS. The number of carbonyl (C=O) groups is 1. The van der Waals surface area contributed by atoms with Crippen LogP contribution in [0, 0.1) is 0 Å². The topological polar surface area (TPSA) is 90.7 Å². The maximum absolute atomic E-state index is 12.7. The lowest BCUT2D eigenvalue weighted by Crippen LogP contribution is -2.41. The molecule has 9 nitrogen and oxygen atoms in total. The van der Waals surface area contributed by atoms with E-state index in [9.17, 15) is 4.79 Å². The summed E-state index contributed by atoms with van der Waals surface area (Å²) in [4.78, 5) is 32.0. The lowest BCUT2D eigenvalue weighted by atomic mass is 10.0. The molecule has 6 aromatic rings. The Hall–Kier alpha value is -5.06. The summed E-state index contributed by atoms with van der Waals surface area (Å²) in [6.07, 6.45) is 6.44. The van der Waals surface area contributed by atoms with Gasteiger partial charge in [0.1, 0.15) is 5.65 Å². The van der Waals surface area contributed by atoms with Crippen LogP contribution in [-0.4, -0.2) is 63.4 Å². The molecule has 0 atom stereocenters. The van der Waals surface area contributed by atoms with Crippen molar-refractivity contribution in [2.24, 2.45) is 0 Å². The molecular weight excluding hydrogens is 593 g/mol. The first-order valence-electron chi connectivity index (χ1n) is 15.5. The highest BCUT2D eigenvalue weighted by molar-refractivity contribution is 7.08. The van der Waals surface area contributed by atoms with Gasteiger partial charge >= 0.3 is 0 Å². The van der Waals surface area contributed by atoms with Crippen LogP contribution in [0.3, 0.4) is 0 Å². The van der Waals surface area contributed by atoms with Crippen LogP contribution in [0.15, 0.2) is 102 Å². The Morgan fingerprint density at radius 1 is 0.957 bits per heavy atom. The fourth-order valence-corrected chi connectivity index (χ4v) is 6.71. The van der Waals surface area contributed by atoms with Crippen molar-refractivity contribution in [3.63, 3.8) is 0 Å². The number of aromatic nitrogens is 4. The van der Waals surface area contributed by atoms with Crippen molar-refractivity contribution in [1.82, 2.24) is 24.3 Å². The summed E-state index contributed by atoms with van der Waals surface area (Å²) in [6, 6.07) is 26.7. The monoisotopic (exact) mass is 628 g/mol. The summed E-state index contributed by atoms with van der Waals surface area (Å²) in [5.41, 5.74) is 7.92. The van der Waals surface area contributed by atoms with E-state index in [0.717, 1.165) is 58.3 Å². The molecule has 0 spiro atoms. The number of amides is 1. The number of pyridine rings is 1. The molecule has 0 unspecified atom stereocenters. The van der Waals surface area contributed by atoms with Crippen molar-refractivity contribution in [1.29, 1.82) is 0 Å². The molecule has 1 aliphatic heterocycles. The van der Waals surface area contributed by atoms with E-state index in [1.54, 1.807) is 17.5 Å². The zero-order valence-corrected chi connectivity index (χ0v) is 26.7. The second-order valence-electron chi connectivity index (χ2n) is 11.8. The van der Waals surface area contributed by atoms with Gasteiger partial charge in [-0.1, -0.05) is 18.2 Å². The number of piperidine rings is 1. The summed E-state index contributed by atoms with van der Waals surface area (Å²) in [6.45, 7) is 2.12. The molecule has 0 bridgehead atoms. The Morgan fingerprint density at radius 2 is 1.80 bits per heavy atom. The summed E-state index contributed by atoms with van der Waals surface area (Å²) in [7, 11) is 4.34. The van der Waals surface area contributed by atoms with Crippen LogP contribution in [0.2, 0.25) is 0 Å². The van der Waals surface area contributed by atoms with E-state index >= 15 is 0 Å². The van der Waals surface area contributed by atoms with Gasteiger partial charge in [-0.3, -0.25) is 9.20 Å². The minimum atomic E-state index is -0.0563. The number of imidazole rings is 1. The molecule has 1 saturated heterocycles. The molecule has 1 amide bonds. The Kier molecular flexibility index (Phi) is 8.45. The smallest absolute Gasteiger partial charge is 0.228 e. The number of carbonyl (C=O) groups excluding carboxylic acids is 1. The number of fused-ring (bicyclic) bond motifs is 1. The minimum absolute atomic E-state index is 0.0563. The fourth-order valence-electron chi connectivity index (χ4n) is 6.05. The molecule has 1 aliphatic rings. The third-order valence-electron chi connectivity index (χ3n) is 8.48. The highest BCUT2D eigenvalue weighted by atomic mass is 32.1. The molecule has 1 fully saturated rings. The molecule has 0 aliphatic carbocycles.